The Labute approximate surface area is 236 Å². The Hall–Kier alpha value is -4.18. The number of carbonyl (C=O) groups excluding carboxylic acids is 2. The smallest absolute Gasteiger partial charge is 0.338 e. The SMILES string of the molecule is CCCCCOc1ccc(/C=c2/sc3n(c2=O)[C@@H](c2ccc(OC(C)=O)c(OC)c2)C(C(=O)OC)=C(C)N=3)cc1. The first-order valence-corrected chi connectivity index (χ1v) is 13.8. The summed E-state index contributed by atoms with van der Waals surface area (Å²) >= 11 is 1.24. The van der Waals surface area contributed by atoms with Gasteiger partial charge >= 0.3 is 11.9 Å². The molecular weight excluding hydrogens is 532 g/mol. The van der Waals surface area contributed by atoms with Crippen molar-refractivity contribution in [3.63, 3.8) is 0 Å². The molecule has 1 aromatic heterocycles. The Morgan fingerprint density at radius 2 is 1.82 bits per heavy atom. The Balaban J connectivity index is 1.78. The highest BCUT2D eigenvalue weighted by Gasteiger charge is 2.33. The Morgan fingerprint density at radius 3 is 2.48 bits per heavy atom. The van der Waals surface area contributed by atoms with Crippen molar-refractivity contribution in [1.82, 2.24) is 4.57 Å². The average Bonchev–Trinajstić information content (AvgIpc) is 3.24. The molecule has 0 bridgehead atoms. The van der Waals surface area contributed by atoms with Gasteiger partial charge < -0.3 is 18.9 Å². The van der Waals surface area contributed by atoms with Crippen LogP contribution < -0.4 is 29.1 Å². The lowest BCUT2D eigenvalue weighted by atomic mass is 9.95. The zero-order valence-electron chi connectivity index (χ0n) is 23.2. The first-order chi connectivity index (χ1) is 19.3. The van der Waals surface area contributed by atoms with E-state index in [9.17, 15) is 14.4 Å². The molecular formula is C30H32N2O7S. The molecule has 3 aromatic rings. The van der Waals surface area contributed by atoms with Crippen LogP contribution in [0.2, 0.25) is 0 Å². The van der Waals surface area contributed by atoms with Gasteiger partial charge in [-0.1, -0.05) is 49.3 Å². The molecule has 0 amide bonds. The van der Waals surface area contributed by atoms with E-state index in [0.29, 0.717) is 27.2 Å². The number of rotatable bonds is 10. The third-order valence-corrected chi connectivity index (χ3v) is 7.36. The van der Waals surface area contributed by atoms with Crippen LogP contribution >= 0.6 is 11.3 Å². The predicted octanol–water partition coefficient (Wildman–Crippen LogP) is 3.91. The largest absolute Gasteiger partial charge is 0.494 e. The van der Waals surface area contributed by atoms with E-state index in [1.165, 1.54) is 37.0 Å². The molecule has 1 atom stereocenters. The van der Waals surface area contributed by atoms with Gasteiger partial charge in [0.25, 0.3) is 5.56 Å². The van der Waals surface area contributed by atoms with Gasteiger partial charge in [0.15, 0.2) is 16.3 Å². The summed E-state index contributed by atoms with van der Waals surface area (Å²) < 4.78 is 23.5. The van der Waals surface area contributed by atoms with Gasteiger partial charge in [0.1, 0.15) is 5.75 Å². The second kappa shape index (κ2) is 12.8. The number of methoxy groups -OCH3 is 2. The van der Waals surface area contributed by atoms with Crippen molar-refractivity contribution in [3.8, 4) is 17.2 Å². The Kier molecular flexibility index (Phi) is 9.21. The van der Waals surface area contributed by atoms with E-state index >= 15 is 0 Å². The van der Waals surface area contributed by atoms with Crippen LogP contribution in [0.15, 0.2) is 63.5 Å². The number of thiazole rings is 1. The van der Waals surface area contributed by atoms with Crippen LogP contribution in [0.4, 0.5) is 0 Å². The van der Waals surface area contributed by atoms with Gasteiger partial charge in [0, 0.05) is 6.92 Å². The van der Waals surface area contributed by atoms with Crippen molar-refractivity contribution in [3.05, 3.63) is 84.5 Å². The molecule has 0 fully saturated rings. The summed E-state index contributed by atoms with van der Waals surface area (Å²) in [6, 6.07) is 11.6. The number of benzene rings is 2. The van der Waals surface area contributed by atoms with E-state index < -0.39 is 18.0 Å². The molecule has 2 aromatic carbocycles. The number of aromatic nitrogens is 1. The van der Waals surface area contributed by atoms with Crippen LogP contribution in [0, 0.1) is 0 Å². The third-order valence-electron chi connectivity index (χ3n) is 6.38. The quantitative estimate of drug-likeness (QED) is 0.209. The van der Waals surface area contributed by atoms with E-state index in [0.717, 1.165) is 30.6 Å². The average molecular weight is 565 g/mol. The molecule has 210 valence electrons. The number of ether oxygens (including phenoxy) is 4. The first kappa shape index (κ1) is 28.8. The molecule has 0 saturated carbocycles. The second-order valence-electron chi connectivity index (χ2n) is 9.20. The molecule has 2 heterocycles. The number of hydrogen-bond donors (Lipinski definition) is 0. The molecule has 9 nitrogen and oxygen atoms in total. The lowest BCUT2D eigenvalue weighted by molar-refractivity contribution is -0.136. The predicted molar refractivity (Wildman–Crippen MR) is 152 cm³/mol. The van der Waals surface area contributed by atoms with Gasteiger partial charge in [-0.3, -0.25) is 14.2 Å². The number of allylic oxidation sites excluding steroid dienone is 1. The van der Waals surface area contributed by atoms with Crippen LogP contribution in [0.25, 0.3) is 6.08 Å². The highest BCUT2D eigenvalue weighted by atomic mass is 32.1. The molecule has 4 rings (SSSR count). The Bertz CT molecular complexity index is 1620. The monoisotopic (exact) mass is 564 g/mol. The maximum atomic E-state index is 13.8. The van der Waals surface area contributed by atoms with E-state index in [-0.39, 0.29) is 22.6 Å². The van der Waals surface area contributed by atoms with Crippen LogP contribution in [0.1, 0.15) is 57.2 Å². The van der Waals surface area contributed by atoms with Crippen LogP contribution in [0.5, 0.6) is 17.2 Å². The number of nitrogens with zero attached hydrogens (tertiary/aromatic N) is 2. The molecule has 0 radical (unpaired) electrons. The highest BCUT2D eigenvalue weighted by Crippen LogP contribution is 2.36. The number of carbonyl (C=O) groups is 2. The molecule has 0 N–H and O–H groups in total. The van der Waals surface area contributed by atoms with Crippen molar-refractivity contribution >= 4 is 29.4 Å². The lowest BCUT2D eigenvalue weighted by Crippen LogP contribution is -2.39. The maximum absolute atomic E-state index is 13.8. The van der Waals surface area contributed by atoms with Crippen LogP contribution in [-0.2, 0) is 14.3 Å². The van der Waals surface area contributed by atoms with Crippen LogP contribution in [-0.4, -0.2) is 37.3 Å². The summed E-state index contributed by atoms with van der Waals surface area (Å²) in [6.45, 7) is 5.82. The van der Waals surface area contributed by atoms with E-state index in [1.807, 2.05) is 24.3 Å². The zero-order chi connectivity index (χ0) is 28.8. The molecule has 0 spiro atoms. The van der Waals surface area contributed by atoms with Crippen molar-refractivity contribution in [1.29, 1.82) is 0 Å². The highest BCUT2D eigenvalue weighted by molar-refractivity contribution is 7.07. The van der Waals surface area contributed by atoms with Crippen molar-refractivity contribution in [2.24, 2.45) is 4.99 Å². The summed E-state index contributed by atoms with van der Waals surface area (Å²) in [5, 5.41) is 0. The first-order valence-electron chi connectivity index (χ1n) is 13.0. The van der Waals surface area contributed by atoms with E-state index in [2.05, 4.69) is 11.9 Å². The lowest BCUT2D eigenvalue weighted by Gasteiger charge is -2.25. The summed E-state index contributed by atoms with van der Waals surface area (Å²) in [7, 11) is 2.73. The summed E-state index contributed by atoms with van der Waals surface area (Å²) in [4.78, 5) is 43.3. The van der Waals surface area contributed by atoms with Gasteiger partial charge in [-0.2, -0.15) is 0 Å². The van der Waals surface area contributed by atoms with Crippen LogP contribution in [0.3, 0.4) is 0 Å². The fraction of sp³-hybridized carbons (Fsp3) is 0.333. The van der Waals surface area contributed by atoms with E-state index in [1.54, 1.807) is 31.2 Å². The molecule has 0 aliphatic carbocycles. The fourth-order valence-corrected chi connectivity index (χ4v) is 5.50. The molecule has 10 heteroatoms. The Morgan fingerprint density at radius 1 is 1.07 bits per heavy atom. The molecule has 40 heavy (non-hydrogen) atoms. The van der Waals surface area contributed by atoms with Gasteiger partial charge in [-0.05, 0) is 54.8 Å². The van der Waals surface area contributed by atoms with Gasteiger partial charge in [0.2, 0.25) is 0 Å². The van der Waals surface area contributed by atoms with Crippen molar-refractivity contribution in [2.75, 3.05) is 20.8 Å². The maximum Gasteiger partial charge on any atom is 0.338 e. The normalized spacial score (nSPS) is 14.8. The molecule has 1 aliphatic heterocycles. The third kappa shape index (κ3) is 6.17. The number of fused-ring (bicyclic) bond motifs is 1. The van der Waals surface area contributed by atoms with Crippen molar-refractivity contribution < 1.29 is 28.5 Å². The molecule has 0 unspecified atom stereocenters. The van der Waals surface area contributed by atoms with Gasteiger partial charge in [-0.15, -0.1) is 0 Å². The topological polar surface area (TPSA) is 105 Å². The standard InChI is InChI=1S/C30H32N2O7S/c1-6-7-8-15-38-22-12-9-20(10-13-22)16-25-28(34)32-27(26(29(35)37-5)18(2)31-30(32)40-25)21-11-14-23(39-19(3)33)24(17-21)36-4/h9-14,16-17,27H,6-8,15H2,1-5H3/b25-16+/t27-/m0/s1. The number of esters is 2. The fourth-order valence-electron chi connectivity index (χ4n) is 4.46. The molecule has 0 saturated heterocycles. The van der Waals surface area contributed by atoms with Gasteiger partial charge in [0.05, 0.1) is 42.7 Å². The second-order valence-corrected chi connectivity index (χ2v) is 10.2. The number of unbranched alkanes of at least 4 members (excludes halogenated alkanes) is 2. The number of hydrogen-bond acceptors (Lipinski definition) is 9. The molecule has 1 aliphatic rings. The van der Waals surface area contributed by atoms with E-state index in [4.69, 9.17) is 18.9 Å². The summed E-state index contributed by atoms with van der Waals surface area (Å²) in [5.41, 5.74) is 1.77. The minimum absolute atomic E-state index is 0.226. The minimum atomic E-state index is -0.829. The summed E-state index contributed by atoms with van der Waals surface area (Å²) in [6.07, 6.45) is 5.06. The van der Waals surface area contributed by atoms with Gasteiger partial charge in [-0.25, -0.2) is 9.79 Å². The summed E-state index contributed by atoms with van der Waals surface area (Å²) in [5.74, 6) is 0.188. The minimum Gasteiger partial charge on any atom is -0.494 e. The van der Waals surface area contributed by atoms with Crippen molar-refractivity contribution in [2.45, 2.75) is 46.1 Å². The zero-order valence-corrected chi connectivity index (χ0v) is 24.0.